The Labute approximate surface area is 242 Å². The smallest absolute Gasteiger partial charge is 0.326 e. The van der Waals surface area contributed by atoms with E-state index in [1.165, 1.54) is 12.5 Å². The van der Waals surface area contributed by atoms with Gasteiger partial charge in [-0.2, -0.15) is 0 Å². The van der Waals surface area contributed by atoms with Crippen LogP contribution in [0, 0.1) is 5.92 Å². The number of aromatic nitrogens is 3. The quantitative estimate of drug-likeness (QED) is 0.113. The first kappa shape index (κ1) is 31.8. The second kappa shape index (κ2) is 14.8. The molecule has 3 rings (SSSR count). The number of carboxylic acid groups (broad SMARTS) is 1. The van der Waals surface area contributed by atoms with Gasteiger partial charge in [0, 0.05) is 48.3 Å². The number of para-hydroxylation sites is 1. The van der Waals surface area contributed by atoms with Crippen LogP contribution in [0.15, 0.2) is 43.0 Å². The molecule has 4 amide bonds. The van der Waals surface area contributed by atoms with Gasteiger partial charge >= 0.3 is 5.97 Å². The molecular weight excluding hydrogens is 544 g/mol. The molecule has 0 fully saturated rings. The van der Waals surface area contributed by atoms with E-state index in [1.807, 2.05) is 31.2 Å². The van der Waals surface area contributed by atoms with Crippen molar-refractivity contribution < 1.29 is 29.1 Å². The Morgan fingerprint density at radius 1 is 0.976 bits per heavy atom. The Balaban J connectivity index is 1.73. The second-order valence-electron chi connectivity index (χ2n) is 10.3. The van der Waals surface area contributed by atoms with E-state index in [9.17, 15) is 29.1 Å². The minimum absolute atomic E-state index is 0.0117. The highest BCUT2D eigenvalue weighted by Crippen LogP contribution is 2.19. The number of imidazole rings is 1. The summed E-state index contributed by atoms with van der Waals surface area (Å²) in [6.07, 6.45) is 4.94. The number of nitrogens with one attached hydrogen (secondary N) is 5. The highest BCUT2D eigenvalue weighted by Gasteiger charge is 2.33. The third-order valence-electron chi connectivity index (χ3n) is 7.15. The van der Waals surface area contributed by atoms with Gasteiger partial charge in [-0.15, -0.1) is 0 Å². The number of carboxylic acids is 1. The predicted molar refractivity (Wildman–Crippen MR) is 154 cm³/mol. The number of carbonyl (C=O) groups is 5. The number of hydrogen-bond acceptors (Lipinski definition) is 7. The lowest BCUT2D eigenvalue weighted by molar-refractivity contribution is -0.142. The maximum Gasteiger partial charge on any atom is 0.326 e. The fourth-order valence-electron chi connectivity index (χ4n) is 4.50. The maximum absolute atomic E-state index is 13.4. The summed E-state index contributed by atoms with van der Waals surface area (Å²) in [5.74, 6) is -4.39. The number of amides is 4. The number of carbonyl (C=O) groups excluding carboxylic acids is 4. The number of rotatable bonds is 16. The molecule has 0 aliphatic carbocycles. The summed E-state index contributed by atoms with van der Waals surface area (Å²) in [5.41, 5.74) is 13.4. The second-order valence-corrected chi connectivity index (χ2v) is 10.3. The van der Waals surface area contributed by atoms with Crippen LogP contribution >= 0.6 is 0 Å². The van der Waals surface area contributed by atoms with Gasteiger partial charge in [-0.3, -0.25) is 19.2 Å². The van der Waals surface area contributed by atoms with Crippen molar-refractivity contribution in [3.8, 4) is 0 Å². The molecule has 2 aromatic heterocycles. The molecule has 0 radical (unpaired) electrons. The fourth-order valence-corrected chi connectivity index (χ4v) is 4.50. The SMILES string of the molecule is CCC(C)C(NC(=O)C(CCC(N)=O)NC(=O)C(N)Cc1cnc[nH]1)C(=O)NC(Cc1c[nH]c2ccccc12)C(=O)O. The Kier molecular flexibility index (Phi) is 11.2. The lowest BCUT2D eigenvalue weighted by Crippen LogP contribution is -2.59. The zero-order valence-corrected chi connectivity index (χ0v) is 23.6. The molecule has 0 aliphatic rings. The Morgan fingerprint density at radius 3 is 2.33 bits per heavy atom. The molecule has 5 unspecified atom stereocenters. The predicted octanol–water partition coefficient (Wildman–Crippen LogP) is -0.146. The largest absolute Gasteiger partial charge is 0.480 e. The van der Waals surface area contributed by atoms with Crippen LogP contribution in [0.1, 0.15) is 44.4 Å². The number of hydrogen-bond donors (Lipinski definition) is 8. The topological polar surface area (TPSA) is 238 Å². The van der Waals surface area contributed by atoms with Crippen LogP contribution in [0.4, 0.5) is 0 Å². The van der Waals surface area contributed by atoms with Crippen LogP contribution in [-0.2, 0) is 36.8 Å². The normalized spacial score (nSPS) is 14.7. The number of nitrogens with zero attached hydrogens (tertiary/aromatic N) is 1. The molecule has 3 aromatic rings. The minimum atomic E-state index is -1.27. The van der Waals surface area contributed by atoms with Gasteiger partial charge in [0.15, 0.2) is 0 Å². The lowest BCUT2D eigenvalue weighted by Gasteiger charge is -2.28. The molecule has 42 heavy (non-hydrogen) atoms. The third kappa shape index (κ3) is 8.64. The molecule has 14 heteroatoms. The average Bonchev–Trinajstić information content (AvgIpc) is 3.62. The first-order chi connectivity index (χ1) is 20.0. The van der Waals surface area contributed by atoms with E-state index in [0.717, 1.165) is 10.9 Å². The summed E-state index contributed by atoms with van der Waals surface area (Å²) in [6.45, 7) is 3.55. The molecule has 226 valence electrons. The highest BCUT2D eigenvalue weighted by atomic mass is 16.4. The van der Waals surface area contributed by atoms with E-state index in [0.29, 0.717) is 17.7 Å². The number of primary amides is 1. The van der Waals surface area contributed by atoms with Crippen molar-refractivity contribution in [3.63, 3.8) is 0 Å². The van der Waals surface area contributed by atoms with E-state index in [-0.39, 0.29) is 25.7 Å². The van der Waals surface area contributed by atoms with Crippen LogP contribution in [0.3, 0.4) is 0 Å². The molecule has 0 saturated carbocycles. The molecule has 2 heterocycles. The number of aliphatic carboxylic acids is 1. The summed E-state index contributed by atoms with van der Waals surface area (Å²) in [5, 5.41) is 18.5. The van der Waals surface area contributed by atoms with Gasteiger partial charge in [0.25, 0.3) is 0 Å². The standard InChI is InChI=1S/C28H38N8O6/c1-3-15(2)24(27(40)35-22(28(41)42)10-16-12-32-20-7-5-4-6-18(16)20)36-26(39)21(8-9-23(30)37)34-25(38)19(29)11-17-13-31-14-33-17/h4-7,12-15,19,21-22,24,32H,3,8-11,29H2,1-2H3,(H2,30,37)(H,31,33)(H,34,38)(H,35,40)(H,36,39)(H,41,42). The number of benzene rings is 1. The van der Waals surface area contributed by atoms with Crippen molar-refractivity contribution in [1.82, 2.24) is 30.9 Å². The number of fused-ring (bicyclic) bond motifs is 1. The van der Waals surface area contributed by atoms with Gasteiger partial charge in [-0.05, 0) is 24.0 Å². The van der Waals surface area contributed by atoms with Crippen LogP contribution < -0.4 is 27.4 Å². The summed E-state index contributed by atoms with van der Waals surface area (Å²) < 4.78 is 0. The Morgan fingerprint density at radius 2 is 1.69 bits per heavy atom. The van der Waals surface area contributed by atoms with Gasteiger partial charge in [-0.25, -0.2) is 9.78 Å². The monoisotopic (exact) mass is 582 g/mol. The lowest BCUT2D eigenvalue weighted by atomic mass is 9.96. The Hall–Kier alpha value is -4.72. The van der Waals surface area contributed by atoms with Crippen LogP contribution in [0.25, 0.3) is 10.9 Å². The first-order valence-corrected chi connectivity index (χ1v) is 13.7. The zero-order valence-electron chi connectivity index (χ0n) is 23.6. The fraction of sp³-hybridized carbons (Fsp3) is 0.429. The molecule has 0 spiro atoms. The molecule has 1 aromatic carbocycles. The number of nitrogens with two attached hydrogens (primary N) is 2. The summed E-state index contributed by atoms with van der Waals surface area (Å²) in [6, 6.07) is 2.75. The van der Waals surface area contributed by atoms with E-state index in [4.69, 9.17) is 11.5 Å². The first-order valence-electron chi connectivity index (χ1n) is 13.7. The molecular formula is C28H38N8O6. The third-order valence-corrected chi connectivity index (χ3v) is 7.15. The van der Waals surface area contributed by atoms with E-state index < -0.39 is 59.7 Å². The van der Waals surface area contributed by atoms with Crippen molar-refractivity contribution >= 4 is 40.5 Å². The number of aromatic amines is 2. The van der Waals surface area contributed by atoms with Crippen molar-refractivity contribution in [1.29, 1.82) is 0 Å². The summed E-state index contributed by atoms with van der Waals surface area (Å²) >= 11 is 0. The van der Waals surface area contributed by atoms with Gasteiger partial charge in [0.2, 0.25) is 23.6 Å². The van der Waals surface area contributed by atoms with Crippen LogP contribution in [0.5, 0.6) is 0 Å². The molecule has 14 nitrogen and oxygen atoms in total. The van der Waals surface area contributed by atoms with Crippen molar-refractivity contribution in [2.24, 2.45) is 17.4 Å². The van der Waals surface area contributed by atoms with E-state index >= 15 is 0 Å². The maximum atomic E-state index is 13.4. The molecule has 5 atom stereocenters. The van der Waals surface area contributed by atoms with Crippen LogP contribution in [0.2, 0.25) is 0 Å². The van der Waals surface area contributed by atoms with Crippen LogP contribution in [-0.4, -0.2) is 73.8 Å². The summed E-state index contributed by atoms with van der Waals surface area (Å²) in [4.78, 5) is 72.9. The van der Waals surface area contributed by atoms with E-state index in [2.05, 4.69) is 30.9 Å². The molecule has 0 aliphatic heterocycles. The highest BCUT2D eigenvalue weighted by molar-refractivity contribution is 5.95. The van der Waals surface area contributed by atoms with Crippen molar-refractivity contribution in [2.75, 3.05) is 0 Å². The average molecular weight is 583 g/mol. The van der Waals surface area contributed by atoms with Crippen molar-refractivity contribution in [3.05, 3.63) is 54.2 Å². The number of H-pyrrole nitrogens is 2. The van der Waals surface area contributed by atoms with E-state index in [1.54, 1.807) is 13.1 Å². The summed E-state index contributed by atoms with van der Waals surface area (Å²) in [7, 11) is 0. The van der Waals surface area contributed by atoms with Gasteiger partial charge in [-0.1, -0.05) is 38.5 Å². The van der Waals surface area contributed by atoms with Gasteiger partial charge in [0.1, 0.15) is 18.1 Å². The van der Waals surface area contributed by atoms with Gasteiger partial charge < -0.3 is 42.5 Å². The molecule has 0 saturated heterocycles. The Bertz CT molecular complexity index is 1390. The zero-order chi connectivity index (χ0) is 30.8. The van der Waals surface area contributed by atoms with Crippen molar-refractivity contribution in [2.45, 2.75) is 70.1 Å². The molecule has 0 bridgehead atoms. The van der Waals surface area contributed by atoms with Gasteiger partial charge in [0.05, 0.1) is 12.4 Å². The minimum Gasteiger partial charge on any atom is -0.480 e. The molecule has 10 N–H and O–H groups in total.